The van der Waals surface area contributed by atoms with Gasteiger partial charge in [0, 0.05) is 37.5 Å². The fraction of sp³-hybridized carbons (Fsp3) is 0.500. The molecule has 1 amide bonds. The van der Waals surface area contributed by atoms with Crippen LogP contribution in [-0.2, 0) is 11.3 Å². The van der Waals surface area contributed by atoms with Crippen LogP contribution in [0.2, 0.25) is 0 Å². The van der Waals surface area contributed by atoms with Gasteiger partial charge in [0.15, 0.2) is 6.54 Å². The molecule has 7 heteroatoms. The van der Waals surface area contributed by atoms with Gasteiger partial charge >= 0.3 is 0 Å². The molecule has 1 aliphatic rings. The first-order chi connectivity index (χ1) is 14.1. The second kappa shape index (κ2) is 9.05. The average Bonchev–Trinajstić information content (AvgIpc) is 3.28. The lowest BCUT2D eigenvalue weighted by atomic mass is 9.97. The van der Waals surface area contributed by atoms with Gasteiger partial charge in [0.1, 0.15) is 0 Å². The monoisotopic (exact) mass is 412 g/mol. The van der Waals surface area contributed by atoms with E-state index in [2.05, 4.69) is 47.7 Å². The molecule has 0 unspecified atom stereocenters. The SMILES string of the molecule is Cc1cc(C)n(CCCNC(=O)C[NH+]2CCC(c3nc4ccccc4s3)CC2)n1. The first-order valence-corrected chi connectivity index (χ1v) is 11.4. The number of aryl methyl sites for hydroxylation is 3. The lowest BCUT2D eigenvalue weighted by Gasteiger charge is -2.27. The standard InChI is InChI=1S/C22H29N5OS/c1-16-14-17(2)27(25-16)11-5-10-23-21(28)15-26-12-8-18(9-13-26)22-24-19-6-3-4-7-20(19)29-22/h3-4,6-7,14,18H,5,8-13,15H2,1-2H3,(H,23,28)/p+1. The predicted molar refractivity (Wildman–Crippen MR) is 116 cm³/mol. The second-order valence-corrected chi connectivity index (χ2v) is 9.14. The molecule has 1 aliphatic heterocycles. The molecule has 1 aromatic carbocycles. The van der Waals surface area contributed by atoms with Gasteiger partial charge in [0.2, 0.25) is 0 Å². The molecule has 0 radical (unpaired) electrons. The zero-order valence-electron chi connectivity index (χ0n) is 17.3. The largest absolute Gasteiger partial charge is 0.351 e. The van der Waals surface area contributed by atoms with Crippen LogP contribution in [0, 0.1) is 13.8 Å². The van der Waals surface area contributed by atoms with Crippen molar-refractivity contribution in [3.8, 4) is 0 Å². The normalized spacial score (nSPS) is 19.5. The molecule has 6 nitrogen and oxygen atoms in total. The summed E-state index contributed by atoms with van der Waals surface area (Å²) >= 11 is 1.83. The number of nitrogens with zero attached hydrogens (tertiary/aromatic N) is 3. The van der Waals surface area contributed by atoms with E-state index in [1.165, 1.54) is 20.3 Å². The summed E-state index contributed by atoms with van der Waals surface area (Å²) in [6.45, 7) is 8.29. The molecule has 0 saturated carbocycles. The number of likely N-dealkylation sites (tertiary alicyclic amines) is 1. The number of thiazole rings is 1. The summed E-state index contributed by atoms with van der Waals surface area (Å²) in [6, 6.07) is 10.5. The first kappa shape index (κ1) is 20.0. The Morgan fingerprint density at radius 2 is 2.07 bits per heavy atom. The number of carbonyl (C=O) groups is 1. The Morgan fingerprint density at radius 1 is 1.28 bits per heavy atom. The van der Waals surface area contributed by atoms with E-state index in [4.69, 9.17) is 4.98 Å². The van der Waals surface area contributed by atoms with Crippen LogP contribution in [0.1, 0.15) is 41.6 Å². The van der Waals surface area contributed by atoms with Crippen LogP contribution in [0.3, 0.4) is 0 Å². The molecule has 0 bridgehead atoms. The molecular formula is C22H30N5OS+. The number of hydrogen-bond acceptors (Lipinski definition) is 4. The van der Waals surface area contributed by atoms with Gasteiger partial charge in [0.05, 0.1) is 34.0 Å². The summed E-state index contributed by atoms with van der Waals surface area (Å²) in [6.07, 6.45) is 3.13. The van der Waals surface area contributed by atoms with Gasteiger partial charge in [-0.1, -0.05) is 12.1 Å². The van der Waals surface area contributed by atoms with Crippen LogP contribution in [-0.4, -0.2) is 46.9 Å². The maximum Gasteiger partial charge on any atom is 0.275 e. The smallest absolute Gasteiger partial charge is 0.275 e. The van der Waals surface area contributed by atoms with Crippen molar-refractivity contribution in [3.63, 3.8) is 0 Å². The predicted octanol–water partition coefficient (Wildman–Crippen LogP) is 2.08. The highest BCUT2D eigenvalue weighted by Gasteiger charge is 2.26. The summed E-state index contributed by atoms with van der Waals surface area (Å²) in [5.74, 6) is 0.701. The Labute approximate surface area is 175 Å². The molecule has 3 heterocycles. The Morgan fingerprint density at radius 3 is 2.79 bits per heavy atom. The fourth-order valence-corrected chi connectivity index (χ4v) is 5.30. The minimum Gasteiger partial charge on any atom is -0.351 e. The van der Waals surface area contributed by atoms with E-state index in [-0.39, 0.29) is 5.91 Å². The molecule has 0 aliphatic carbocycles. The van der Waals surface area contributed by atoms with Crippen molar-refractivity contribution in [3.05, 3.63) is 46.7 Å². The number of aromatic nitrogens is 3. The topological polar surface area (TPSA) is 64.2 Å². The lowest BCUT2D eigenvalue weighted by molar-refractivity contribution is -0.897. The Bertz CT molecular complexity index is 938. The number of benzene rings is 1. The van der Waals surface area contributed by atoms with E-state index in [0.717, 1.165) is 50.1 Å². The molecular weight excluding hydrogens is 382 g/mol. The number of nitrogens with one attached hydrogen (secondary N) is 2. The van der Waals surface area contributed by atoms with Crippen molar-refractivity contribution < 1.29 is 9.69 Å². The summed E-state index contributed by atoms with van der Waals surface area (Å²) < 4.78 is 3.29. The number of fused-ring (bicyclic) bond motifs is 1. The molecule has 3 aromatic rings. The molecule has 1 saturated heterocycles. The highest BCUT2D eigenvalue weighted by atomic mass is 32.1. The van der Waals surface area contributed by atoms with E-state index in [1.54, 1.807) is 0 Å². The first-order valence-electron chi connectivity index (χ1n) is 10.6. The second-order valence-electron chi connectivity index (χ2n) is 8.07. The third kappa shape index (κ3) is 5.03. The van der Waals surface area contributed by atoms with Crippen LogP contribution in [0.25, 0.3) is 10.2 Å². The highest BCUT2D eigenvalue weighted by molar-refractivity contribution is 7.18. The highest BCUT2D eigenvalue weighted by Crippen LogP contribution is 2.31. The quantitative estimate of drug-likeness (QED) is 0.584. The van der Waals surface area contributed by atoms with Gasteiger partial charge in [-0.25, -0.2) is 4.98 Å². The van der Waals surface area contributed by atoms with Crippen LogP contribution in [0.15, 0.2) is 30.3 Å². The van der Waals surface area contributed by atoms with Crippen LogP contribution in [0.5, 0.6) is 0 Å². The maximum atomic E-state index is 12.3. The molecule has 2 aromatic heterocycles. The number of piperidine rings is 1. The van der Waals surface area contributed by atoms with Crippen LogP contribution >= 0.6 is 11.3 Å². The minimum absolute atomic E-state index is 0.159. The molecule has 0 atom stereocenters. The molecule has 2 N–H and O–H groups in total. The van der Waals surface area contributed by atoms with Gasteiger partial charge in [-0.15, -0.1) is 11.3 Å². The molecule has 0 spiro atoms. The summed E-state index contributed by atoms with van der Waals surface area (Å²) in [5, 5.41) is 8.80. The summed E-state index contributed by atoms with van der Waals surface area (Å²) in [7, 11) is 0. The van der Waals surface area contributed by atoms with Gasteiger partial charge in [-0.2, -0.15) is 5.10 Å². The summed E-state index contributed by atoms with van der Waals surface area (Å²) in [4.78, 5) is 18.5. The molecule has 29 heavy (non-hydrogen) atoms. The van der Waals surface area contributed by atoms with E-state index < -0.39 is 0 Å². The Balaban J connectivity index is 1.17. The van der Waals surface area contributed by atoms with Crippen LogP contribution in [0.4, 0.5) is 0 Å². The Hall–Kier alpha value is -2.25. The zero-order chi connectivity index (χ0) is 20.2. The number of amides is 1. The van der Waals surface area contributed by atoms with Crippen molar-refractivity contribution in [1.82, 2.24) is 20.1 Å². The van der Waals surface area contributed by atoms with Gasteiger partial charge in [-0.3, -0.25) is 9.48 Å². The van der Waals surface area contributed by atoms with Crippen molar-refractivity contribution in [2.45, 2.75) is 45.6 Å². The lowest BCUT2D eigenvalue weighted by Crippen LogP contribution is -3.14. The summed E-state index contributed by atoms with van der Waals surface area (Å²) in [5.41, 5.74) is 3.33. The van der Waals surface area contributed by atoms with E-state index in [1.807, 2.05) is 22.9 Å². The number of para-hydroxylation sites is 1. The zero-order valence-corrected chi connectivity index (χ0v) is 18.1. The number of hydrogen-bond donors (Lipinski definition) is 2. The fourth-order valence-electron chi connectivity index (χ4n) is 4.16. The Kier molecular flexibility index (Phi) is 6.25. The third-order valence-electron chi connectivity index (χ3n) is 5.74. The molecule has 1 fully saturated rings. The van der Waals surface area contributed by atoms with E-state index in [0.29, 0.717) is 19.0 Å². The molecule has 154 valence electrons. The minimum atomic E-state index is 0.159. The number of rotatable bonds is 7. The van der Waals surface area contributed by atoms with E-state index >= 15 is 0 Å². The van der Waals surface area contributed by atoms with Crippen LogP contribution < -0.4 is 10.2 Å². The van der Waals surface area contributed by atoms with Gasteiger partial charge < -0.3 is 10.2 Å². The number of carbonyl (C=O) groups excluding carboxylic acids is 1. The average molecular weight is 413 g/mol. The number of quaternary nitrogens is 1. The van der Waals surface area contributed by atoms with Crippen molar-refractivity contribution in [2.75, 3.05) is 26.2 Å². The van der Waals surface area contributed by atoms with Gasteiger partial charge in [0.25, 0.3) is 5.91 Å². The van der Waals surface area contributed by atoms with Gasteiger partial charge in [-0.05, 0) is 38.5 Å². The third-order valence-corrected chi connectivity index (χ3v) is 6.93. The van der Waals surface area contributed by atoms with Crippen molar-refractivity contribution in [1.29, 1.82) is 0 Å². The maximum absolute atomic E-state index is 12.3. The van der Waals surface area contributed by atoms with E-state index in [9.17, 15) is 4.79 Å². The molecule has 4 rings (SSSR count). The van der Waals surface area contributed by atoms with Crippen molar-refractivity contribution >= 4 is 27.5 Å². The van der Waals surface area contributed by atoms with Crippen molar-refractivity contribution in [2.24, 2.45) is 0 Å².